The lowest BCUT2D eigenvalue weighted by atomic mass is 9.96. The van der Waals surface area contributed by atoms with Crippen LogP contribution >= 0.6 is 0 Å². The maximum atomic E-state index is 12.8. The van der Waals surface area contributed by atoms with Crippen LogP contribution in [0.25, 0.3) is 10.9 Å². The molecule has 1 aliphatic rings. The van der Waals surface area contributed by atoms with E-state index in [2.05, 4.69) is 10.1 Å². The predicted octanol–water partition coefficient (Wildman–Crippen LogP) is 2.96. The molecule has 152 valence electrons. The van der Waals surface area contributed by atoms with Crippen molar-refractivity contribution in [3.8, 4) is 0 Å². The smallest absolute Gasteiger partial charge is 0.351 e. The van der Waals surface area contributed by atoms with Crippen LogP contribution in [0.4, 0.5) is 13.2 Å². The number of likely N-dealkylation sites (tertiary alicyclic amines) is 1. The zero-order valence-corrected chi connectivity index (χ0v) is 15.2. The van der Waals surface area contributed by atoms with Crippen LogP contribution in [-0.4, -0.2) is 38.6 Å². The highest BCUT2D eigenvalue weighted by Crippen LogP contribution is 2.28. The van der Waals surface area contributed by atoms with Gasteiger partial charge >= 0.3 is 6.18 Å². The monoisotopic (exact) mass is 406 g/mol. The van der Waals surface area contributed by atoms with Gasteiger partial charge in [-0.3, -0.25) is 9.59 Å². The Hall–Kier alpha value is -3.17. The predicted molar refractivity (Wildman–Crippen MR) is 96.1 cm³/mol. The first-order valence-electron chi connectivity index (χ1n) is 9.10. The van der Waals surface area contributed by atoms with Gasteiger partial charge in [-0.1, -0.05) is 5.16 Å². The third-order valence-corrected chi connectivity index (χ3v) is 5.12. The number of nitrogens with zero attached hydrogens (tertiary/aromatic N) is 4. The van der Waals surface area contributed by atoms with Crippen LogP contribution in [-0.2, 0) is 12.7 Å². The second-order valence-electron chi connectivity index (χ2n) is 7.01. The minimum absolute atomic E-state index is 0.0218. The number of rotatable bonds is 3. The fourth-order valence-corrected chi connectivity index (χ4v) is 3.55. The summed E-state index contributed by atoms with van der Waals surface area (Å²) in [5.41, 5.74) is -1.37. The van der Waals surface area contributed by atoms with E-state index >= 15 is 0 Å². The fraction of sp³-hybridized carbons (Fsp3) is 0.368. The Kier molecular flexibility index (Phi) is 4.85. The summed E-state index contributed by atoms with van der Waals surface area (Å²) in [5, 5.41) is 3.69. The van der Waals surface area contributed by atoms with Crippen molar-refractivity contribution in [2.24, 2.45) is 5.92 Å². The molecule has 0 unspecified atom stereocenters. The summed E-state index contributed by atoms with van der Waals surface area (Å²) in [6.45, 7) is 1.49. The van der Waals surface area contributed by atoms with E-state index in [0.717, 1.165) is 6.07 Å². The first kappa shape index (κ1) is 19.2. The Morgan fingerprint density at radius 3 is 2.59 bits per heavy atom. The number of hydrogen-bond acceptors (Lipinski definition) is 5. The van der Waals surface area contributed by atoms with E-state index in [0.29, 0.717) is 32.5 Å². The summed E-state index contributed by atoms with van der Waals surface area (Å²) in [4.78, 5) is 30.2. The average Bonchev–Trinajstić information content (AvgIpc) is 3.24. The molecule has 0 spiro atoms. The molecule has 1 fully saturated rings. The molecular formula is C19H17F3N4O3. The van der Waals surface area contributed by atoms with E-state index < -0.39 is 11.9 Å². The van der Waals surface area contributed by atoms with Crippen molar-refractivity contribution in [2.75, 3.05) is 13.1 Å². The van der Waals surface area contributed by atoms with Gasteiger partial charge in [-0.05, 0) is 37.0 Å². The van der Waals surface area contributed by atoms with Gasteiger partial charge in [0.25, 0.3) is 11.5 Å². The van der Waals surface area contributed by atoms with Crippen LogP contribution in [0.15, 0.2) is 46.0 Å². The fourth-order valence-electron chi connectivity index (χ4n) is 3.55. The molecule has 4 rings (SSSR count). The zero-order chi connectivity index (χ0) is 20.6. The molecule has 4 heterocycles. The van der Waals surface area contributed by atoms with Crippen LogP contribution in [0.3, 0.4) is 0 Å². The Bertz CT molecular complexity index is 1080. The molecule has 3 aromatic heterocycles. The lowest BCUT2D eigenvalue weighted by molar-refractivity contribution is -0.140. The Morgan fingerprint density at radius 2 is 1.93 bits per heavy atom. The highest BCUT2D eigenvalue weighted by atomic mass is 19.4. The van der Waals surface area contributed by atoms with E-state index in [1.807, 2.05) is 0 Å². The van der Waals surface area contributed by atoms with Crippen molar-refractivity contribution in [2.45, 2.75) is 25.6 Å². The number of carbonyl (C=O) groups excluding carboxylic acids is 1. The lowest BCUT2D eigenvalue weighted by Crippen LogP contribution is -2.39. The summed E-state index contributed by atoms with van der Waals surface area (Å²) in [7, 11) is 0. The molecule has 10 heteroatoms. The third-order valence-electron chi connectivity index (χ3n) is 5.12. The van der Waals surface area contributed by atoms with Crippen molar-refractivity contribution >= 4 is 16.8 Å². The largest absolute Gasteiger partial charge is 0.433 e. The van der Waals surface area contributed by atoms with E-state index in [4.69, 9.17) is 4.52 Å². The molecule has 7 nitrogen and oxygen atoms in total. The highest BCUT2D eigenvalue weighted by Gasteiger charge is 2.32. The van der Waals surface area contributed by atoms with Crippen LogP contribution in [0.1, 0.15) is 29.1 Å². The van der Waals surface area contributed by atoms with Gasteiger partial charge in [0.15, 0.2) is 0 Å². The number of aromatic nitrogens is 3. The van der Waals surface area contributed by atoms with E-state index in [-0.39, 0.29) is 34.0 Å². The molecule has 0 N–H and O–H groups in total. The van der Waals surface area contributed by atoms with Crippen molar-refractivity contribution in [1.82, 2.24) is 19.6 Å². The van der Waals surface area contributed by atoms with Crippen LogP contribution in [0.5, 0.6) is 0 Å². The molecule has 1 aliphatic heterocycles. The van der Waals surface area contributed by atoms with E-state index in [1.54, 1.807) is 4.90 Å². The summed E-state index contributed by atoms with van der Waals surface area (Å²) in [6.07, 6.45) is -0.256. The second-order valence-corrected chi connectivity index (χ2v) is 7.01. The highest BCUT2D eigenvalue weighted by molar-refractivity contribution is 5.91. The van der Waals surface area contributed by atoms with Gasteiger partial charge in [-0.15, -0.1) is 0 Å². The van der Waals surface area contributed by atoms with Crippen molar-refractivity contribution in [1.29, 1.82) is 0 Å². The average molecular weight is 406 g/mol. The van der Waals surface area contributed by atoms with Gasteiger partial charge in [0.2, 0.25) is 5.76 Å². The quantitative estimate of drug-likeness (QED) is 0.668. The zero-order valence-electron chi connectivity index (χ0n) is 15.2. The Labute approximate surface area is 162 Å². The second kappa shape index (κ2) is 7.34. The number of amides is 1. The number of hydrogen-bond donors (Lipinski definition) is 0. The van der Waals surface area contributed by atoms with Crippen molar-refractivity contribution < 1.29 is 22.5 Å². The maximum absolute atomic E-state index is 12.8. The number of alkyl halides is 3. The number of piperidine rings is 1. The van der Waals surface area contributed by atoms with E-state index in [9.17, 15) is 22.8 Å². The molecule has 1 saturated heterocycles. The molecule has 0 bridgehead atoms. The molecule has 0 aromatic carbocycles. The van der Waals surface area contributed by atoms with Crippen molar-refractivity contribution in [3.05, 3.63) is 58.5 Å². The number of carbonyl (C=O) groups is 1. The molecule has 0 radical (unpaired) electrons. The van der Waals surface area contributed by atoms with Crippen LogP contribution < -0.4 is 5.56 Å². The molecule has 0 atom stereocenters. The Morgan fingerprint density at radius 1 is 1.17 bits per heavy atom. The van der Waals surface area contributed by atoms with Gasteiger partial charge in [-0.25, -0.2) is 4.98 Å². The summed E-state index contributed by atoms with van der Waals surface area (Å²) in [6, 6.07) is 4.93. The van der Waals surface area contributed by atoms with Gasteiger partial charge in [0.05, 0.1) is 17.1 Å². The minimum Gasteiger partial charge on any atom is -0.351 e. The summed E-state index contributed by atoms with van der Waals surface area (Å²) < 4.78 is 44.8. The standard InChI is InChI=1S/C19H17F3N4O3/c20-19(21,22)16-2-1-13-14(24-16)6-10-26(17(13)27)11-12-4-8-25(9-5-12)18(28)15-3-7-23-29-15/h1-3,6-7,10,12H,4-5,8-9,11H2. The minimum atomic E-state index is -4.56. The first-order chi connectivity index (χ1) is 13.8. The number of fused-ring (bicyclic) bond motifs is 1. The number of halogens is 3. The van der Waals surface area contributed by atoms with Gasteiger partial charge < -0.3 is 14.0 Å². The molecule has 29 heavy (non-hydrogen) atoms. The van der Waals surface area contributed by atoms with Gasteiger partial charge in [0.1, 0.15) is 5.69 Å². The molecular weight excluding hydrogens is 389 g/mol. The van der Waals surface area contributed by atoms with Gasteiger partial charge in [-0.2, -0.15) is 13.2 Å². The van der Waals surface area contributed by atoms with Crippen LogP contribution in [0.2, 0.25) is 0 Å². The first-order valence-corrected chi connectivity index (χ1v) is 9.10. The van der Waals surface area contributed by atoms with Crippen LogP contribution in [0, 0.1) is 5.92 Å². The maximum Gasteiger partial charge on any atom is 0.433 e. The van der Waals surface area contributed by atoms with Crippen molar-refractivity contribution in [3.63, 3.8) is 0 Å². The van der Waals surface area contributed by atoms with Gasteiger partial charge in [0, 0.05) is 31.9 Å². The SMILES string of the molecule is O=C(c1ccno1)N1CCC(Cn2ccc3nc(C(F)(F)F)ccc3c2=O)CC1. The molecule has 3 aromatic rings. The Balaban J connectivity index is 1.45. The lowest BCUT2D eigenvalue weighted by Gasteiger charge is -2.31. The summed E-state index contributed by atoms with van der Waals surface area (Å²) >= 11 is 0. The summed E-state index contributed by atoms with van der Waals surface area (Å²) in [5.74, 6) is 0.154. The molecule has 0 saturated carbocycles. The molecule has 1 amide bonds. The van der Waals surface area contributed by atoms with E-state index in [1.165, 1.54) is 35.2 Å². The normalized spacial score (nSPS) is 15.8. The third kappa shape index (κ3) is 3.87. The topological polar surface area (TPSA) is 81.2 Å². The molecule has 0 aliphatic carbocycles. The number of pyridine rings is 2.